The Morgan fingerprint density at radius 3 is 2.81 bits per heavy atom. The summed E-state index contributed by atoms with van der Waals surface area (Å²) in [6, 6.07) is 5.30. The van der Waals surface area contributed by atoms with Gasteiger partial charge in [0.25, 0.3) is 0 Å². The maximum atomic E-state index is 11.4. The van der Waals surface area contributed by atoms with Crippen molar-refractivity contribution in [1.82, 2.24) is 9.78 Å². The SMILES string of the molecule is CCNc1cccc(N(C)Cc2cnn(C)c2)c1[N+](=O)[O-]. The maximum absolute atomic E-state index is 11.4. The Balaban J connectivity index is 2.33. The van der Waals surface area contributed by atoms with Gasteiger partial charge in [-0.05, 0) is 19.1 Å². The first-order valence-corrected chi connectivity index (χ1v) is 6.72. The maximum Gasteiger partial charge on any atom is 0.315 e. The fourth-order valence-electron chi connectivity index (χ4n) is 2.28. The molecule has 0 unspecified atom stereocenters. The van der Waals surface area contributed by atoms with E-state index in [1.807, 2.05) is 38.2 Å². The highest BCUT2D eigenvalue weighted by atomic mass is 16.6. The smallest absolute Gasteiger partial charge is 0.315 e. The zero-order valence-corrected chi connectivity index (χ0v) is 12.4. The average Bonchev–Trinajstić information content (AvgIpc) is 2.84. The average molecular weight is 289 g/mol. The lowest BCUT2D eigenvalue weighted by atomic mass is 10.2. The first-order chi connectivity index (χ1) is 10.0. The van der Waals surface area contributed by atoms with E-state index in [1.165, 1.54) is 0 Å². The molecule has 0 fully saturated rings. The van der Waals surface area contributed by atoms with Crippen LogP contribution in [0.3, 0.4) is 0 Å². The molecule has 7 nitrogen and oxygen atoms in total. The van der Waals surface area contributed by atoms with Crippen molar-refractivity contribution in [1.29, 1.82) is 0 Å². The molecule has 1 aromatic carbocycles. The van der Waals surface area contributed by atoms with Crippen LogP contribution >= 0.6 is 0 Å². The van der Waals surface area contributed by atoms with E-state index in [0.29, 0.717) is 24.5 Å². The van der Waals surface area contributed by atoms with Crippen molar-refractivity contribution in [3.63, 3.8) is 0 Å². The van der Waals surface area contributed by atoms with E-state index in [1.54, 1.807) is 23.0 Å². The molecule has 1 N–H and O–H groups in total. The number of para-hydroxylation sites is 1. The van der Waals surface area contributed by atoms with Gasteiger partial charge in [0.2, 0.25) is 0 Å². The Bertz CT molecular complexity index is 638. The van der Waals surface area contributed by atoms with Crippen molar-refractivity contribution in [2.75, 3.05) is 23.8 Å². The summed E-state index contributed by atoms with van der Waals surface area (Å²) in [6.07, 6.45) is 3.66. The number of hydrogen-bond donors (Lipinski definition) is 1. The highest BCUT2D eigenvalue weighted by Crippen LogP contribution is 2.35. The van der Waals surface area contributed by atoms with Gasteiger partial charge in [-0.3, -0.25) is 14.8 Å². The van der Waals surface area contributed by atoms with Crippen LogP contribution in [-0.4, -0.2) is 28.3 Å². The molecule has 0 spiro atoms. The number of hydrogen-bond acceptors (Lipinski definition) is 5. The lowest BCUT2D eigenvalue weighted by molar-refractivity contribution is -0.383. The minimum Gasteiger partial charge on any atom is -0.380 e. The molecule has 0 aliphatic heterocycles. The molecule has 0 amide bonds. The second-order valence-corrected chi connectivity index (χ2v) is 4.84. The summed E-state index contributed by atoms with van der Waals surface area (Å²) in [5.74, 6) is 0. The van der Waals surface area contributed by atoms with Crippen molar-refractivity contribution in [3.8, 4) is 0 Å². The molecule has 0 aliphatic rings. The Kier molecular flexibility index (Phi) is 4.42. The molecule has 0 bridgehead atoms. The summed E-state index contributed by atoms with van der Waals surface area (Å²) in [5, 5.41) is 18.5. The topological polar surface area (TPSA) is 76.2 Å². The van der Waals surface area contributed by atoms with Crippen molar-refractivity contribution in [2.24, 2.45) is 7.05 Å². The third-order valence-electron chi connectivity index (χ3n) is 3.15. The van der Waals surface area contributed by atoms with Gasteiger partial charge in [-0.1, -0.05) is 6.07 Å². The molecule has 1 heterocycles. The number of benzene rings is 1. The summed E-state index contributed by atoms with van der Waals surface area (Å²) >= 11 is 0. The zero-order valence-electron chi connectivity index (χ0n) is 12.4. The van der Waals surface area contributed by atoms with Gasteiger partial charge >= 0.3 is 5.69 Å². The van der Waals surface area contributed by atoms with Crippen LogP contribution in [-0.2, 0) is 13.6 Å². The molecule has 0 saturated heterocycles. The number of anilines is 2. The fourth-order valence-corrected chi connectivity index (χ4v) is 2.28. The predicted octanol–water partition coefficient (Wildman–Crippen LogP) is 2.40. The second kappa shape index (κ2) is 6.25. The van der Waals surface area contributed by atoms with Crippen molar-refractivity contribution < 1.29 is 4.92 Å². The Morgan fingerprint density at radius 2 is 2.24 bits per heavy atom. The first kappa shape index (κ1) is 14.8. The molecule has 21 heavy (non-hydrogen) atoms. The van der Waals surface area contributed by atoms with Gasteiger partial charge in [0.15, 0.2) is 0 Å². The second-order valence-electron chi connectivity index (χ2n) is 4.84. The van der Waals surface area contributed by atoms with E-state index in [-0.39, 0.29) is 10.6 Å². The standard InChI is InChI=1S/C14H19N5O2/c1-4-15-12-6-5-7-13(14(12)19(20)21)17(2)9-11-8-16-18(3)10-11/h5-8,10,15H,4,9H2,1-3H3. The Morgan fingerprint density at radius 1 is 1.48 bits per heavy atom. The molecular formula is C14H19N5O2. The lowest BCUT2D eigenvalue weighted by Crippen LogP contribution is -2.18. The quantitative estimate of drug-likeness (QED) is 0.652. The van der Waals surface area contributed by atoms with E-state index in [0.717, 1.165) is 5.56 Å². The van der Waals surface area contributed by atoms with Gasteiger partial charge in [-0.2, -0.15) is 5.10 Å². The number of aryl methyl sites for hydroxylation is 1. The molecule has 0 atom stereocenters. The molecule has 2 aromatic rings. The summed E-state index contributed by atoms with van der Waals surface area (Å²) in [6.45, 7) is 3.11. The minimum absolute atomic E-state index is 0.103. The summed E-state index contributed by atoms with van der Waals surface area (Å²) in [5.41, 5.74) is 2.23. The molecule has 2 rings (SSSR count). The van der Waals surface area contributed by atoms with Gasteiger partial charge in [0, 0.05) is 38.9 Å². The van der Waals surface area contributed by atoms with Crippen LogP contribution in [0.4, 0.5) is 17.1 Å². The third-order valence-corrected chi connectivity index (χ3v) is 3.15. The third kappa shape index (κ3) is 3.31. The monoisotopic (exact) mass is 289 g/mol. The first-order valence-electron chi connectivity index (χ1n) is 6.72. The molecule has 0 radical (unpaired) electrons. The van der Waals surface area contributed by atoms with Crippen molar-refractivity contribution >= 4 is 17.1 Å². The highest BCUT2D eigenvalue weighted by molar-refractivity contribution is 5.76. The van der Waals surface area contributed by atoms with Crippen molar-refractivity contribution in [3.05, 3.63) is 46.3 Å². The molecule has 7 heteroatoms. The van der Waals surface area contributed by atoms with E-state index >= 15 is 0 Å². The number of rotatable bonds is 6. The minimum atomic E-state index is -0.340. The summed E-state index contributed by atoms with van der Waals surface area (Å²) in [4.78, 5) is 12.9. The van der Waals surface area contributed by atoms with Crippen LogP contribution in [0.1, 0.15) is 12.5 Å². The summed E-state index contributed by atoms with van der Waals surface area (Å²) < 4.78 is 1.71. The van der Waals surface area contributed by atoms with Gasteiger partial charge in [0.1, 0.15) is 11.4 Å². The molecule has 112 valence electrons. The predicted molar refractivity (Wildman–Crippen MR) is 82.6 cm³/mol. The lowest BCUT2D eigenvalue weighted by Gasteiger charge is -2.19. The highest BCUT2D eigenvalue weighted by Gasteiger charge is 2.22. The van der Waals surface area contributed by atoms with Crippen LogP contribution < -0.4 is 10.2 Å². The van der Waals surface area contributed by atoms with E-state index in [9.17, 15) is 10.1 Å². The normalized spacial score (nSPS) is 10.4. The summed E-state index contributed by atoms with van der Waals surface area (Å²) in [7, 11) is 3.68. The van der Waals surface area contributed by atoms with E-state index < -0.39 is 0 Å². The number of nitrogens with zero attached hydrogens (tertiary/aromatic N) is 4. The van der Waals surface area contributed by atoms with E-state index in [2.05, 4.69) is 10.4 Å². The molecule has 0 saturated carbocycles. The zero-order chi connectivity index (χ0) is 15.4. The van der Waals surface area contributed by atoms with Gasteiger partial charge < -0.3 is 10.2 Å². The van der Waals surface area contributed by atoms with Crippen LogP contribution in [0.15, 0.2) is 30.6 Å². The number of nitrogens with one attached hydrogen (secondary N) is 1. The number of aromatic nitrogens is 2. The fraction of sp³-hybridized carbons (Fsp3) is 0.357. The van der Waals surface area contributed by atoms with Crippen LogP contribution in [0.2, 0.25) is 0 Å². The largest absolute Gasteiger partial charge is 0.380 e. The van der Waals surface area contributed by atoms with Crippen LogP contribution in [0.25, 0.3) is 0 Å². The van der Waals surface area contributed by atoms with Crippen molar-refractivity contribution in [2.45, 2.75) is 13.5 Å². The van der Waals surface area contributed by atoms with Gasteiger partial charge in [-0.15, -0.1) is 0 Å². The molecule has 1 aromatic heterocycles. The van der Waals surface area contributed by atoms with Gasteiger partial charge in [-0.25, -0.2) is 0 Å². The molecular weight excluding hydrogens is 270 g/mol. The Labute approximate surface area is 123 Å². The number of nitro groups is 1. The van der Waals surface area contributed by atoms with Gasteiger partial charge in [0.05, 0.1) is 11.1 Å². The van der Waals surface area contributed by atoms with Crippen LogP contribution in [0.5, 0.6) is 0 Å². The Hall–Kier alpha value is -2.57. The van der Waals surface area contributed by atoms with Crippen LogP contribution in [0, 0.1) is 10.1 Å². The number of nitro benzene ring substituents is 1. The van der Waals surface area contributed by atoms with E-state index in [4.69, 9.17) is 0 Å². The molecule has 0 aliphatic carbocycles.